The molecular weight excluding hydrogens is 248 g/mol. The summed E-state index contributed by atoms with van der Waals surface area (Å²) in [6, 6.07) is 7.13. The van der Waals surface area contributed by atoms with Crippen molar-refractivity contribution in [2.45, 2.75) is 25.4 Å². The van der Waals surface area contributed by atoms with Crippen LogP contribution in [0.4, 0.5) is 5.69 Å². The van der Waals surface area contributed by atoms with E-state index in [1.165, 1.54) is 18.4 Å². The summed E-state index contributed by atoms with van der Waals surface area (Å²) in [6.45, 7) is 4.37. The molecule has 0 spiro atoms. The Hall–Kier alpha value is -0.770. The van der Waals surface area contributed by atoms with Crippen LogP contribution < -0.4 is 10.2 Å². The zero-order valence-corrected chi connectivity index (χ0v) is 11.2. The molecule has 1 heterocycles. The second-order valence-electron chi connectivity index (χ2n) is 5.04. The van der Waals surface area contributed by atoms with Gasteiger partial charge in [-0.3, -0.25) is 0 Å². The number of hydrogen-bond donors (Lipinski definition) is 1. The van der Waals surface area contributed by atoms with Crippen LogP contribution in [0.5, 0.6) is 0 Å². The molecule has 1 aromatic carbocycles. The van der Waals surface area contributed by atoms with Crippen LogP contribution in [0.1, 0.15) is 18.4 Å². The number of halogens is 1. The van der Waals surface area contributed by atoms with Gasteiger partial charge >= 0.3 is 0 Å². The van der Waals surface area contributed by atoms with Crippen molar-refractivity contribution in [1.29, 1.82) is 0 Å². The maximum atomic E-state index is 6.38. The summed E-state index contributed by atoms with van der Waals surface area (Å²) in [7, 11) is 0. The van der Waals surface area contributed by atoms with Crippen LogP contribution in [0.2, 0.25) is 5.02 Å². The van der Waals surface area contributed by atoms with Crippen LogP contribution >= 0.6 is 11.6 Å². The van der Waals surface area contributed by atoms with Gasteiger partial charge in [0.2, 0.25) is 0 Å². The lowest BCUT2D eigenvalue weighted by Crippen LogP contribution is -2.36. The Bertz CT molecular complexity index is 414. The van der Waals surface area contributed by atoms with E-state index in [0.29, 0.717) is 0 Å². The predicted molar refractivity (Wildman–Crippen MR) is 74.3 cm³/mol. The van der Waals surface area contributed by atoms with Gasteiger partial charge in [-0.05, 0) is 30.5 Å². The van der Waals surface area contributed by atoms with Crippen molar-refractivity contribution in [1.82, 2.24) is 5.32 Å². The van der Waals surface area contributed by atoms with Crippen molar-refractivity contribution >= 4 is 17.3 Å². The summed E-state index contributed by atoms with van der Waals surface area (Å²) in [4.78, 5) is 2.30. The number of nitrogens with one attached hydrogen (secondary N) is 1. The van der Waals surface area contributed by atoms with Crippen LogP contribution in [0.25, 0.3) is 0 Å². The van der Waals surface area contributed by atoms with Gasteiger partial charge in [0.05, 0.1) is 23.9 Å². The van der Waals surface area contributed by atoms with Crippen molar-refractivity contribution in [2.75, 3.05) is 31.2 Å². The van der Waals surface area contributed by atoms with Crippen molar-refractivity contribution in [2.24, 2.45) is 0 Å². The maximum absolute atomic E-state index is 6.38. The lowest BCUT2D eigenvalue weighted by molar-refractivity contribution is 0.122. The molecule has 0 amide bonds. The summed E-state index contributed by atoms with van der Waals surface area (Å²) >= 11 is 6.38. The third-order valence-corrected chi connectivity index (χ3v) is 3.84. The van der Waals surface area contributed by atoms with Crippen LogP contribution in [0.15, 0.2) is 18.2 Å². The van der Waals surface area contributed by atoms with Crippen LogP contribution in [0, 0.1) is 0 Å². The Morgan fingerprint density at radius 3 is 2.72 bits per heavy atom. The number of anilines is 1. The first kappa shape index (κ1) is 12.3. The fourth-order valence-corrected chi connectivity index (χ4v) is 2.59. The second-order valence-corrected chi connectivity index (χ2v) is 5.45. The van der Waals surface area contributed by atoms with Gasteiger partial charge in [0.25, 0.3) is 0 Å². The topological polar surface area (TPSA) is 24.5 Å². The Kier molecular flexibility index (Phi) is 3.73. The van der Waals surface area contributed by atoms with Gasteiger partial charge in [-0.1, -0.05) is 17.7 Å². The SMILES string of the molecule is Clc1cc(CNC2CC2)ccc1N1CCOCC1. The maximum Gasteiger partial charge on any atom is 0.0642 e. The molecule has 4 heteroatoms. The third kappa shape index (κ3) is 2.97. The van der Waals surface area contributed by atoms with Crippen molar-refractivity contribution in [3.63, 3.8) is 0 Å². The van der Waals surface area contributed by atoms with E-state index in [4.69, 9.17) is 16.3 Å². The molecule has 0 atom stereocenters. The van der Waals surface area contributed by atoms with Gasteiger partial charge in [-0.25, -0.2) is 0 Å². The molecule has 1 N–H and O–H groups in total. The molecule has 1 saturated carbocycles. The zero-order chi connectivity index (χ0) is 12.4. The number of nitrogens with zero attached hydrogens (tertiary/aromatic N) is 1. The number of benzene rings is 1. The van der Waals surface area contributed by atoms with Gasteiger partial charge < -0.3 is 15.0 Å². The number of morpholine rings is 1. The average Bonchev–Trinajstić information content (AvgIpc) is 3.21. The van der Waals surface area contributed by atoms with Crippen LogP contribution in [0.3, 0.4) is 0 Å². The van der Waals surface area contributed by atoms with Crippen molar-refractivity contribution in [3.8, 4) is 0 Å². The first-order valence-corrected chi connectivity index (χ1v) is 7.05. The molecule has 1 aliphatic carbocycles. The highest BCUT2D eigenvalue weighted by Crippen LogP contribution is 2.28. The smallest absolute Gasteiger partial charge is 0.0642 e. The number of rotatable bonds is 4. The average molecular weight is 267 g/mol. The molecule has 1 saturated heterocycles. The molecule has 1 aliphatic heterocycles. The fraction of sp³-hybridized carbons (Fsp3) is 0.571. The predicted octanol–water partition coefficient (Wildman–Crippen LogP) is 2.43. The molecule has 0 aromatic heterocycles. The molecule has 0 bridgehead atoms. The van der Waals surface area contributed by atoms with Gasteiger partial charge in [0, 0.05) is 25.7 Å². The Labute approximate surface area is 113 Å². The van der Waals surface area contributed by atoms with Crippen LogP contribution in [-0.2, 0) is 11.3 Å². The molecule has 98 valence electrons. The van der Waals surface area contributed by atoms with Crippen LogP contribution in [-0.4, -0.2) is 32.3 Å². The quantitative estimate of drug-likeness (QED) is 0.906. The van der Waals surface area contributed by atoms with Gasteiger partial charge in [0.1, 0.15) is 0 Å². The molecule has 2 fully saturated rings. The highest BCUT2D eigenvalue weighted by Gasteiger charge is 2.20. The summed E-state index contributed by atoms with van der Waals surface area (Å²) in [6.07, 6.45) is 2.64. The second kappa shape index (κ2) is 5.47. The molecule has 0 radical (unpaired) electrons. The van der Waals surface area contributed by atoms with E-state index in [2.05, 4.69) is 28.4 Å². The summed E-state index contributed by atoms with van der Waals surface area (Å²) in [5, 5.41) is 4.36. The third-order valence-electron chi connectivity index (χ3n) is 3.54. The Balaban J connectivity index is 1.66. The number of hydrogen-bond acceptors (Lipinski definition) is 3. The van der Waals surface area contributed by atoms with E-state index < -0.39 is 0 Å². The lowest BCUT2D eigenvalue weighted by Gasteiger charge is -2.29. The van der Waals surface area contributed by atoms with E-state index in [1.54, 1.807) is 0 Å². The van der Waals surface area contributed by atoms with E-state index in [-0.39, 0.29) is 0 Å². The van der Waals surface area contributed by atoms with E-state index in [1.807, 2.05) is 0 Å². The first-order chi connectivity index (χ1) is 8.83. The molecular formula is C14H19ClN2O. The minimum atomic E-state index is 0.739. The molecule has 2 aliphatic rings. The largest absolute Gasteiger partial charge is 0.378 e. The standard InChI is InChI=1S/C14H19ClN2O/c15-13-9-11(10-16-12-2-3-12)1-4-14(13)17-5-7-18-8-6-17/h1,4,9,12,16H,2-3,5-8,10H2. The summed E-state index contributed by atoms with van der Waals surface area (Å²) < 4.78 is 5.36. The highest BCUT2D eigenvalue weighted by atomic mass is 35.5. The molecule has 18 heavy (non-hydrogen) atoms. The minimum Gasteiger partial charge on any atom is -0.378 e. The Morgan fingerprint density at radius 1 is 1.28 bits per heavy atom. The first-order valence-electron chi connectivity index (χ1n) is 6.67. The fourth-order valence-electron chi connectivity index (χ4n) is 2.27. The zero-order valence-electron chi connectivity index (χ0n) is 10.5. The normalized spacial score (nSPS) is 20.2. The minimum absolute atomic E-state index is 0.739. The molecule has 0 unspecified atom stereocenters. The molecule has 3 nitrogen and oxygen atoms in total. The molecule has 3 rings (SSSR count). The van der Waals surface area contributed by atoms with E-state index in [0.717, 1.165) is 49.6 Å². The van der Waals surface area contributed by atoms with Gasteiger partial charge in [-0.15, -0.1) is 0 Å². The van der Waals surface area contributed by atoms with Gasteiger partial charge in [0.15, 0.2) is 0 Å². The van der Waals surface area contributed by atoms with E-state index in [9.17, 15) is 0 Å². The lowest BCUT2D eigenvalue weighted by atomic mass is 10.2. The van der Waals surface area contributed by atoms with Crippen molar-refractivity contribution < 1.29 is 4.74 Å². The van der Waals surface area contributed by atoms with Gasteiger partial charge in [-0.2, -0.15) is 0 Å². The Morgan fingerprint density at radius 2 is 2.06 bits per heavy atom. The highest BCUT2D eigenvalue weighted by molar-refractivity contribution is 6.33. The number of ether oxygens (including phenoxy) is 1. The monoisotopic (exact) mass is 266 g/mol. The van der Waals surface area contributed by atoms with E-state index >= 15 is 0 Å². The summed E-state index contributed by atoms with van der Waals surface area (Å²) in [5.41, 5.74) is 2.40. The van der Waals surface area contributed by atoms with Crippen molar-refractivity contribution in [3.05, 3.63) is 28.8 Å². The molecule has 1 aromatic rings. The summed E-state index contributed by atoms with van der Waals surface area (Å²) in [5.74, 6) is 0.